The Labute approximate surface area is 118 Å². The van der Waals surface area contributed by atoms with Crippen LogP contribution in [0.5, 0.6) is 0 Å². The van der Waals surface area contributed by atoms with Crippen LogP contribution in [0.1, 0.15) is 18.9 Å². The summed E-state index contributed by atoms with van der Waals surface area (Å²) >= 11 is 0. The average Bonchev–Trinajstić information content (AvgIpc) is 2.51. The maximum Gasteiger partial charge on any atom is 0.243 e. The molecule has 0 radical (unpaired) electrons. The molecule has 1 heterocycles. The van der Waals surface area contributed by atoms with Crippen molar-refractivity contribution in [3.05, 3.63) is 60.2 Å². The van der Waals surface area contributed by atoms with E-state index in [9.17, 15) is 4.79 Å². The first-order valence-corrected chi connectivity index (χ1v) is 6.76. The first-order valence-electron chi connectivity index (χ1n) is 6.76. The maximum absolute atomic E-state index is 11.4. The third-order valence-electron chi connectivity index (χ3n) is 3.57. The van der Waals surface area contributed by atoms with Crippen LogP contribution >= 0.6 is 0 Å². The number of carbonyl (C=O) groups excluding carboxylic acids is 1. The van der Waals surface area contributed by atoms with Gasteiger partial charge in [-0.05, 0) is 16.7 Å². The van der Waals surface area contributed by atoms with Gasteiger partial charge in [-0.3, -0.25) is 4.79 Å². The first-order chi connectivity index (χ1) is 9.74. The summed E-state index contributed by atoms with van der Waals surface area (Å²) in [6.45, 7) is 1.92. The number of rotatable bonds is 2. The summed E-state index contributed by atoms with van der Waals surface area (Å²) in [5, 5.41) is 4.15. The summed E-state index contributed by atoms with van der Waals surface area (Å²) in [5.74, 6) is -0.0223. The van der Waals surface area contributed by atoms with Crippen molar-refractivity contribution in [2.75, 3.05) is 0 Å². The summed E-state index contributed by atoms with van der Waals surface area (Å²) < 4.78 is 0. The smallest absolute Gasteiger partial charge is 0.243 e. The van der Waals surface area contributed by atoms with Crippen molar-refractivity contribution in [1.29, 1.82) is 0 Å². The van der Waals surface area contributed by atoms with Crippen LogP contribution in [0.2, 0.25) is 0 Å². The van der Waals surface area contributed by atoms with E-state index in [1.54, 1.807) is 0 Å². The molecule has 1 aliphatic rings. The van der Waals surface area contributed by atoms with E-state index in [1.807, 2.05) is 25.1 Å². The second kappa shape index (κ2) is 5.29. The summed E-state index contributed by atoms with van der Waals surface area (Å²) in [4.78, 5) is 11.4. The van der Waals surface area contributed by atoms with Gasteiger partial charge in [0, 0.05) is 12.3 Å². The van der Waals surface area contributed by atoms with Crippen LogP contribution in [-0.2, 0) is 4.79 Å². The number of benzene rings is 2. The van der Waals surface area contributed by atoms with Crippen molar-refractivity contribution in [2.24, 2.45) is 11.0 Å². The van der Waals surface area contributed by atoms with Gasteiger partial charge in [0.1, 0.15) is 0 Å². The van der Waals surface area contributed by atoms with E-state index in [4.69, 9.17) is 0 Å². The van der Waals surface area contributed by atoms with Gasteiger partial charge >= 0.3 is 0 Å². The van der Waals surface area contributed by atoms with Gasteiger partial charge in [-0.2, -0.15) is 5.10 Å². The summed E-state index contributed by atoms with van der Waals surface area (Å²) in [7, 11) is 0. The number of nitrogens with zero attached hydrogens (tertiary/aromatic N) is 1. The van der Waals surface area contributed by atoms with Gasteiger partial charge in [0.05, 0.1) is 5.71 Å². The van der Waals surface area contributed by atoms with E-state index in [-0.39, 0.29) is 11.8 Å². The summed E-state index contributed by atoms with van der Waals surface area (Å²) in [6, 6.07) is 18.6. The third-order valence-corrected chi connectivity index (χ3v) is 3.57. The van der Waals surface area contributed by atoms with Crippen molar-refractivity contribution in [1.82, 2.24) is 5.43 Å². The molecule has 100 valence electrons. The van der Waals surface area contributed by atoms with Crippen LogP contribution in [0.4, 0.5) is 0 Å². The zero-order valence-corrected chi connectivity index (χ0v) is 11.3. The molecule has 0 bridgehead atoms. The minimum absolute atomic E-state index is 0.00495. The molecule has 3 heteroatoms. The van der Waals surface area contributed by atoms with Crippen LogP contribution in [-0.4, -0.2) is 11.6 Å². The summed E-state index contributed by atoms with van der Waals surface area (Å²) in [6.07, 6.45) is 0.691. The maximum atomic E-state index is 11.4. The van der Waals surface area contributed by atoms with E-state index in [2.05, 4.69) is 46.9 Å². The molecule has 0 spiro atoms. The monoisotopic (exact) mass is 264 g/mol. The molecular formula is C17H16N2O. The molecule has 1 atom stereocenters. The Morgan fingerprint density at radius 3 is 2.20 bits per heavy atom. The van der Waals surface area contributed by atoms with Crippen LogP contribution in [0.3, 0.4) is 0 Å². The molecule has 3 rings (SSSR count). The SMILES string of the molecule is CC1CC(c2ccc(-c3ccccc3)cc2)=NNC1=O. The molecule has 0 saturated heterocycles. The van der Waals surface area contributed by atoms with Crippen LogP contribution in [0.25, 0.3) is 11.1 Å². The second-order valence-corrected chi connectivity index (χ2v) is 5.08. The Morgan fingerprint density at radius 1 is 0.950 bits per heavy atom. The Balaban J connectivity index is 1.85. The zero-order chi connectivity index (χ0) is 13.9. The number of hydrazone groups is 1. The van der Waals surface area contributed by atoms with Crippen LogP contribution < -0.4 is 5.43 Å². The van der Waals surface area contributed by atoms with Crippen molar-refractivity contribution in [3.8, 4) is 11.1 Å². The number of nitrogens with one attached hydrogen (secondary N) is 1. The lowest BCUT2D eigenvalue weighted by Gasteiger charge is -2.18. The number of hydrogen-bond donors (Lipinski definition) is 1. The van der Waals surface area contributed by atoms with Gasteiger partial charge in [0.25, 0.3) is 0 Å². The van der Waals surface area contributed by atoms with Crippen molar-refractivity contribution in [2.45, 2.75) is 13.3 Å². The highest BCUT2D eigenvalue weighted by molar-refractivity contribution is 6.05. The lowest BCUT2D eigenvalue weighted by atomic mass is 9.95. The van der Waals surface area contributed by atoms with E-state index in [0.717, 1.165) is 11.3 Å². The minimum Gasteiger partial charge on any atom is -0.273 e. The fraction of sp³-hybridized carbons (Fsp3) is 0.176. The fourth-order valence-corrected chi connectivity index (χ4v) is 2.33. The van der Waals surface area contributed by atoms with E-state index < -0.39 is 0 Å². The lowest BCUT2D eigenvalue weighted by molar-refractivity contribution is -0.124. The van der Waals surface area contributed by atoms with Crippen LogP contribution in [0, 0.1) is 5.92 Å². The number of carbonyl (C=O) groups is 1. The predicted molar refractivity (Wildman–Crippen MR) is 80.3 cm³/mol. The Morgan fingerprint density at radius 2 is 1.55 bits per heavy atom. The third kappa shape index (κ3) is 2.48. The van der Waals surface area contributed by atoms with Gasteiger partial charge in [0.15, 0.2) is 0 Å². The first kappa shape index (κ1) is 12.6. The average molecular weight is 264 g/mol. The van der Waals surface area contributed by atoms with E-state index >= 15 is 0 Å². The largest absolute Gasteiger partial charge is 0.273 e. The molecule has 3 nitrogen and oxygen atoms in total. The molecule has 0 aliphatic carbocycles. The molecule has 0 aromatic heterocycles. The Kier molecular flexibility index (Phi) is 3.33. The van der Waals surface area contributed by atoms with Crippen molar-refractivity contribution in [3.63, 3.8) is 0 Å². The van der Waals surface area contributed by atoms with Gasteiger partial charge < -0.3 is 0 Å². The number of hydrogen-bond acceptors (Lipinski definition) is 2. The van der Waals surface area contributed by atoms with Gasteiger partial charge in [-0.1, -0.05) is 61.5 Å². The standard InChI is InChI=1S/C17H16N2O/c1-12-11-16(18-19-17(12)20)15-9-7-14(8-10-15)13-5-3-2-4-6-13/h2-10,12H,11H2,1H3,(H,19,20). The molecule has 1 amide bonds. The highest BCUT2D eigenvalue weighted by atomic mass is 16.2. The molecule has 1 aliphatic heterocycles. The second-order valence-electron chi connectivity index (χ2n) is 5.08. The van der Waals surface area contributed by atoms with E-state index in [1.165, 1.54) is 11.1 Å². The normalized spacial score (nSPS) is 18.4. The minimum atomic E-state index is -0.0173. The van der Waals surface area contributed by atoms with Gasteiger partial charge in [-0.25, -0.2) is 5.43 Å². The molecule has 0 saturated carbocycles. The molecule has 1 unspecified atom stereocenters. The topological polar surface area (TPSA) is 41.5 Å². The molecule has 1 N–H and O–H groups in total. The predicted octanol–water partition coefficient (Wildman–Crippen LogP) is 3.21. The molecule has 0 fully saturated rings. The van der Waals surface area contributed by atoms with Crippen molar-refractivity contribution < 1.29 is 4.79 Å². The van der Waals surface area contributed by atoms with Crippen LogP contribution in [0.15, 0.2) is 59.7 Å². The molecule has 20 heavy (non-hydrogen) atoms. The quantitative estimate of drug-likeness (QED) is 0.889. The van der Waals surface area contributed by atoms with Gasteiger partial charge in [-0.15, -0.1) is 0 Å². The molecule has 2 aromatic carbocycles. The Bertz CT molecular complexity index is 644. The van der Waals surface area contributed by atoms with Crippen molar-refractivity contribution >= 4 is 11.6 Å². The van der Waals surface area contributed by atoms with E-state index in [0.29, 0.717) is 6.42 Å². The highest BCUT2D eigenvalue weighted by Crippen LogP contribution is 2.21. The molecule has 2 aromatic rings. The Hall–Kier alpha value is -2.42. The lowest BCUT2D eigenvalue weighted by Crippen LogP contribution is -2.33. The number of amides is 1. The fourth-order valence-electron chi connectivity index (χ4n) is 2.33. The highest BCUT2D eigenvalue weighted by Gasteiger charge is 2.21. The summed E-state index contributed by atoms with van der Waals surface area (Å²) in [5.41, 5.74) is 6.97. The molecular weight excluding hydrogens is 248 g/mol. The van der Waals surface area contributed by atoms with Gasteiger partial charge in [0.2, 0.25) is 5.91 Å². The zero-order valence-electron chi connectivity index (χ0n) is 11.3.